The minimum Gasteiger partial charge on any atom is -0.495 e. The van der Waals surface area contributed by atoms with Gasteiger partial charge in [-0.25, -0.2) is 9.18 Å². The van der Waals surface area contributed by atoms with Crippen LogP contribution in [0.2, 0.25) is 5.02 Å². The Morgan fingerprint density at radius 2 is 2.00 bits per heavy atom. The fraction of sp³-hybridized carbons (Fsp3) is 0.158. The Labute approximate surface area is 160 Å². The lowest BCUT2D eigenvalue weighted by atomic mass is 9.94. The second kappa shape index (κ2) is 7.67. The Morgan fingerprint density at radius 1 is 1.26 bits per heavy atom. The first kappa shape index (κ1) is 18.7. The van der Waals surface area contributed by atoms with E-state index >= 15 is 0 Å². The van der Waals surface area contributed by atoms with Crippen molar-refractivity contribution in [3.05, 3.63) is 70.1 Å². The number of ether oxygens (including phenoxy) is 1. The molecule has 0 saturated heterocycles. The molecule has 0 aromatic heterocycles. The third kappa shape index (κ3) is 3.88. The van der Waals surface area contributed by atoms with Crippen molar-refractivity contribution in [2.45, 2.75) is 13.0 Å². The molecule has 1 aliphatic heterocycles. The molecule has 0 radical (unpaired) electrons. The standard InChI is InChI=1S/C19H17ClFN3O3/c1-10-16(18(25)23-14-8-7-11(20)9-15(14)27-2)17(24-19(26)22-10)12-5-3-4-6-13(12)21/h3-9,17H,1-2H3,(H,23,25)(H2,22,24,26)/t17-/m0/s1. The molecule has 2 aromatic carbocycles. The number of urea groups is 1. The van der Waals surface area contributed by atoms with Gasteiger partial charge in [0.2, 0.25) is 0 Å². The molecule has 0 unspecified atom stereocenters. The number of anilines is 1. The maximum absolute atomic E-state index is 14.3. The summed E-state index contributed by atoms with van der Waals surface area (Å²) in [7, 11) is 1.45. The Balaban J connectivity index is 1.99. The number of hydrogen-bond donors (Lipinski definition) is 3. The fourth-order valence-corrected chi connectivity index (χ4v) is 3.06. The van der Waals surface area contributed by atoms with Crippen molar-refractivity contribution in [2.24, 2.45) is 0 Å². The summed E-state index contributed by atoms with van der Waals surface area (Å²) in [6.45, 7) is 1.58. The molecular formula is C19H17ClFN3O3. The molecule has 0 aliphatic carbocycles. The van der Waals surface area contributed by atoms with Crippen LogP contribution in [0.25, 0.3) is 0 Å². The zero-order valence-corrected chi connectivity index (χ0v) is 15.4. The molecule has 8 heteroatoms. The highest BCUT2D eigenvalue weighted by atomic mass is 35.5. The van der Waals surface area contributed by atoms with Gasteiger partial charge < -0.3 is 20.7 Å². The predicted octanol–water partition coefficient (Wildman–Crippen LogP) is 3.75. The van der Waals surface area contributed by atoms with E-state index in [2.05, 4.69) is 16.0 Å². The van der Waals surface area contributed by atoms with Gasteiger partial charge in [-0.1, -0.05) is 29.8 Å². The van der Waals surface area contributed by atoms with Gasteiger partial charge in [0.25, 0.3) is 5.91 Å². The van der Waals surface area contributed by atoms with Gasteiger partial charge in [-0.15, -0.1) is 0 Å². The number of amides is 3. The van der Waals surface area contributed by atoms with Gasteiger partial charge in [-0.05, 0) is 25.1 Å². The molecule has 6 nitrogen and oxygen atoms in total. The summed E-state index contributed by atoms with van der Waals surface area (Å²) >= 11 is 5.94. The van der Waals surface area contributed by atoms with Crippen LogP contribution in [0.3, 0.4) is 0 Å². The number of hydrogen-bond acceptors (Lipinski definition) is 3. The maximum Gasteiger partial charge on any atom is 0.319 e. The third-order valence-corrected chi connectivity index (χ3v) is 4.38. The van der Waals surface area contributed by atoms with E-state index in [-0.39, 0.29) is 11.1 Å². The van der Waals surface area contributed by atoms with Gasteiger partial charge in [0.15, 0.2) is 0 Å². The molecule has 0 fully saturated rings. The third-order valence-electron chi connectivity index (χ3n) is 4.14. The topological polar surface area (TPSA) is 79.5 Å². The summed E-state index contributed by atoms with van der Waals surface area (Å²) in [5, 5.41) is 8.33. The smallest absolute Gasteiger partial charge is 0.319 e. The van der Waals surface area contributed by atoms with Crippen LogP contribution < -0.4 is 20.7 Å². The molecule has 3 rings (SSSR count). The molecular weight excluding hydrogens is 373 g/mol. The van der Waals surface area contributed by atoms with E-state index in [1.807, 2.05) is 0 Å². The van der Waals surface area contributed by atoms with E-state index in [4.69, 9.17) is 16.3 Å². The monoisotopic (exact) mass is 389 g/mol. The first-order chi connectivity index (χ1) is 12.9. The Bertz CT molecular complexity index is 946. The van der Waals surface area contributed by atoms with E-state index in [9.17, 15) is 14.0 Å². The molecule has 3 amide bonds. The highest BCUT2D eigenvalue weighted by molar-refractivity contribution is 6.30. The van der Waals surface area contributed by atoms with Crippen molar-refractivity contribution in [3.63, 3.8) is 0 Å². The van der Waals surface area contributed by atoms with Crippen LogP contribution in [0.5, 0.6) is 5.75 Å². The molecule has 1 aliphatic rings. The minimum absolute atomic E-state index is 0.191. The number of nitrogens with one attached hydrogen (secondary N) is 3. The lowest BCUT2D eigenvalue weighted by molar-refractivity contribution is -0.113. The van der Waals surface area contributed by atoms with Gasteiger partial charge in [0.1, 0.15) is 11.6 Å². The van der Waals surface area contributed by atoms with Crippen LogP contribution in [0.4, 0.5) is 14.9 Å². The molecule has 1 atom stereocenters. The Morgan fingerprint density at radius 3 is 2.70 bits per heavy atom. The molecule has 0 saturated carbocycles. The zero-order valence-electron chi connectivity index (χ0n) is 14.6. The highest BCUT2D eigenvalue weighted by Crippen LogP contribution is 2.32. The highest BCUT2D eigenvalue weighted by Gasteiger charge is 2.33. The lowest BCUT2D eigenvalue weighted by Gasteiger charge is -2.29. The molecule has 3 N–H and O–H groups in total. The van der Waals surface area contributed by atoms with Crippen LogP contribution in [-0.4, -0.2) is 19.0 Å². The van der Waals surface area contributed by atoms with Crippen LogP contribution in [0.15, 0.2) is 53.7 Å². The number of allylic oxidation sites excluding steroid dienone is 1. The summed E-state index contributed by atoms with van der Waals surface area (Å²) in [6.07, 6.45) is 0. The fourth-order valence-electron chi connectivity index (χ4n) is 2.90. The van der Waals surface area contributed by atoms with Crippen molar-refractivity contribution in [3.8, 4) is 5.75 Å². The van der Waals surface area contributed by atoms with Crippen molar-refractivity contribution in [1.82, 2.24) is 10.6 Å². The van der Waals surface area contributed by atoms with Crippen molar-refractivity contribution in [2.75, 3.05) is 12.4 Å². The average Bonchev–Trinajstić information content (AvgIpc) is 2.62. The molecule has 2 aromatic rings. The Hall–Kier alpha value is -3.06. The van der Waals surface area contributed by atoms with E-state index in [1.165, 1.54) is 25.3 Å². The van der Waals surface area contributed by atoms with Crippen LogP contribution >= 0.6 is 11.6 Å². The summed E-state index contributed by atoms with van der Waals surface area (Å²) in [5.74, 6) is -0.648. The SMILES string of the molecule is COc1cc(Cl)ccc1NC(=O)C1=C(C)NC(=O)N[C@H]1c1ccccc1F. The number of halogens is 2. The van der Waals surface area contributed by atoms with Crippen LogP contribution in [-0.2, 0) is 4.79 Å². The molecule has 0 bridgehead atoms. The van der Waals surface area contributed by atoms with Gasteiger partial charge in [-0.2, -0.15) is 0 Å². The molecule has 0 spiro atoms. The zero-order chi connectivity index (χ0) is 19.6. The maximum atomic E-state index is 14.3. The second-order valence-corrected chi connectivity index (χ2v) is 6.33. The number of rotatable bonds is 4. The number of benzene rings is 2. The predicted molar refractivity (Wildman–Crippen MR) is 100 cm³/mol. The number of carbonyl (C=O) groups is 2. The molecule has 140 valence electrons. The van der Waals surface area contributed by atoms with E-state index in [0.29, 0.717) is 22.2 Å². The van der Waals surface area contributed by atoms with Crippen LogP contribution in [0, 0.1) is 5.82 Å². The Kier molecular flexibility index (Phi) is 5.32. The molecule has 1 heterocycles. The summed E-state index contributed by atoms with van der Waals surface area (Å²) in [4.78, 5) is 24.8. The van der Waals surface area contributed by atoms with E-state index < -0.39 is 23.8 Å². The van der Waals surface area contributed by atoms with E-state index in [1.54, 1.807) is 31.2 Å². The van der Waals surface area contributed by atoms with Crippen molar-refractivity contribution in [1.29, 1.82) is 0 Å². The first-order valence-corrected chi connectivity index (χ1v) is 8.46. The summed E-state index contributed by atoms with van der Waals surface area (Å²) < 4.78 is 19.5. The summed E-state index contributed by atoms with van der Waals surface area (Å²) in [6, 6.07) is 9.30. The van der Waals surface area contributed by atoms with Gasteiger partial charge in [0.05, 0.1) is 24.4 Å². The summed E-state index contributed by atoms with van der Waals surface area (Å²) in [5.41, 5.74) is 1.12. The van der Waals surface area contributed by atoms with Gasteiger partial charge >= 0.3 is 6.03 Å². The van der Waals surface area contributed by atoms with E-state index in [0.717, 1.165) is 0 Å². The van der Waals surface area contributed by atoms with Crippen molar-refractivity contribution < 1.29 is 18.7 Å². The lowest BCUT2D eigenvalue weighted by Crippen LogP contribution is -2.46. The quantitative estimate of drug-likeness (QED) is 0.745. The van der Waals surface area contributed by atoms with Gasteiger partial charge in [0, 0.05) is 22.3 Å². The average molecular weight is 390 g/mol. The number of carbonyl (C=O) groups excluding carboxylic acids is 2. The normalized spacial score (nSPS) is 16.4. The minimum atomic E-state index is -0.932. The van der Waals surface area contributed by atoms with Crippen molar-refractivity contribution >= 4 is 29.2 Å². The van der Waals surface area contributed by atoms with Gasteiger partial charge in [-0.3, -0.25) is 4.79 Å². The molecule has 27 heavy (non-hydrogen) atoms. The largest absolute Gasteiger partial charge is 0.495 e. The first-order valence-electron chi connectivity index (χ1n) is 8.08. The number of methoxy groups -OCH3 is 1. The second-order valence-electron chi connectivity index (χ2n) is 5.89. The van der Waals surface area contributed by atoms with Crippen LogP contribution in [0.1, 0.15) is 18.5 Å².